The minimum absolute atomic E-state index is 0.0456. The van der Waals surface area contributed by atoms with Crippen LogP contribution in [0.2, 0.25) is 0 Å². The van der Waals surface area contributed by atoms with Gasteiger partial charge in [-0.15, -0.1) is 0 Å². The van der Waals surface area contributed by atoms with Crippen molar-refractivity contribution >= 4 is 22.6 Å². The maximum atomic E-state index is 11.0. The van der Waals surface area contributed by atoms with Crippen molar-refractivity contribution in [3.05, 3.63) is 38.9 Å². The zero-order valence-corrected chi connectivity index (χ0v) is 12.0. The van der Waals surface area contributed by atoms with Crippen molar-refractivity contribution < 1.29 is 9.72 Å². The molecule has 1 rings (SSSR count). The first-order valence-corrected chi connectivity index (χ1v) is 6.78. The van der Waals surface area contributed by atoms with Crippen molar-refractivity contribution in [2.24, 2.45) is 0 Å². The van der Waals surface area contributed by atoms with Gasteiger partial charge in [0.15, 0.2) is 5.12 Å². The molecule has 0 spiro atoms. The van der Waals surface area contributed by atoms with E-state index in [-0.39, 0.29) is 10.8 Å². The highest BCUT2D eigenvalue weighted by atomic mass is 32.2. The average molecular weight is 277 g/mol. The third-order valence-corrected chi connectivity index (χ3v) is 3.22. The second-order valence-corrected chi connectivity index (χ2v) is 5.40. The Balaban J connectivity index is 2.91. The molecule has 0 radical (unpaired) electrons. The summed E-state index contributed by atoms with van der Waals surface area (Å²) in [5, 5.41) is 11.0. The van der Waals surface area contributed by atoms with Crippen LogP contribution in [-0.4, -0.2) is 15.8 Å². The molecule has 1 aromatic carbocycles. The summed E-state index contributed by atoms with van der Waals surface area (Å²) in [5.74, 6) is 6.34. The number of thioether (sulfide) groups is 1. The van der Waals surface area contributed by atoms with E-state index >= 15 is 0 Å². The van der Waals surface area contributed by atoms with Crippen molar-refractivity contribution in [3.63, 3.8) is 0 Å². The lowest BCUT2D eigenvalue weighted by Crippen LogP contribution is -1.96. The van der Waals surface area contributed by atoms with Gasteiger partial charge in [0.25, 0.3) is 5.69 Å². The number of nitrogens with zero attached hydrogens (tertiary/aromatic N) is 1. The van der Waals surface area contributed by atoms with Gasteiger partial charge in [0, 0.05) is 25.2 Å². The van der Waals surface area contributed by atoms with Gasteiger partial charge >= 0.3 is 0 Å². The Morgan fingerprint density at radius 3 is 2.68 bits per heavy atom. The second-order valence-electron chi connectivity index (χ2n) is 4.12. The summed E-state index contributed by atoms with van der Waals surface area (Å²) in [4.78, 5) is 21.3. The fourth-order valence-electron chi connectivity index (χ4n) is 1.65. The van der Waals surface area contributed by atoms with Crippen molar-refractivity contribution in [2.45, 2.75) is 27.2 Å². The quantitative estimate of drug-likeness (QED) is 0.368. The lowest BCUT2D eigenvalue weighted by molar-refractivity contribution is -0.385. The Labute approximate surface area is 116 Å². The van der Waals surface area contributed by atoms with Gasteiger partial charge in [-0.2, -0.15) is 0 Å². The zero-order chi connectivity index (χ0) is 14.4. The molecule has 0 saturated carbocycles. The third-order valence-electron chi connectivity index (χ3n) is 2.40. The normalized spacial score (nSPS) is 9.63. The Kier molecular flexibility index (Phi) is 5.58. The molecule has 5 heteroatoms. The molecule has 0 aliphatic heterocycles. The third kappa shape index (κ3) is 4.76. The maximum absolute atomic E-state index is 11.0. The molecule has 0 bridgehead atoms. The number of aryl methyl sites for hydroxylation is 2. The molecule has 0 fully saturated rings. The number of benzene rings is 1. The van der Waals surface area contributed by atoms with Crippen LogP contribution in [0.5, 0.6) is 0 Å². The van der Waals surface area contributed by atoms with Crippen LogP contribution < -0.4 is 0 Å². The van der Waals surface area contributed by atoms with E-state index < -0.39 is 4.92 Å². The number of nitro groups is 1. The van der Waals surface area contributed by atoms with E-state index in [0.717, 1.165) is 11.1 Å². The van der Waals surface area contributed by atoms with E-state index in [9.17, 15) is 14.9 Å². The summed E-state index contributed by atoms with van der Waals surface area (Å²) in [6, 6.07) is 3.41. The Morgan fingerprint density at radius 2 is 2.11 bits per heavy atom. The standard InChI is InChI=1S/C14H15NO3S/c1-10-8-11(2)13(14(9-10)15(17)18)6-4-5-7-19-12(3)16/h8-9H,5,7H2,1-3H3. The van der Waals surface area contributed by atoms with Crippen molar-refractivity contribution in [1.82, 2.24) is 0 Å². The summed E-state index contributed by atoms with van der Waals surface area (Å²) < 4.78 is 0. The molecule has 0 aromatic heterocycles. The molecule has 0 saturated heterocycles. The van der Waals surface area contributed by atoms with Crippen LogP contribution in [0.25, 0.3) is 0 Å². The largest absolute Gasteiger partial charge is 0.288 e. The fourth-order valence-corrected chi connectivity index (χ4v) is 2.14. The average Bonchev–Trinajstić information content (AvgIpc) is 2.29. The highest BCUT2D eigenvalue weighted by Gasteiger charge is 2.14. The molecule has 0 atom stereocenters. The molecule has 100 valence electrons. The summed E-state index contributed by atoms with van der Waals surface area (Å²) >= 11 is 1.21. The van der Waals surface area contributed by atoms with E-state index in [1.54, 1.807) is 0 Å². The molecular weight excluding hydrogens is 262 g/mol. The highest BCUT2D eigenvalue weighted by Crippen LogP contribution is 2.23. The molecular formula is C14H15NO3S. The summed E-state index contributed by atoms with van der Waals surface area (Å²) in [6.07, 6.45) is 0.536. The first kappa shape index (κ1) is 15.3. The molecule has 0 amide bonds. The molecule has 0 heterocycles. The molecule has 4 nitrogen and oxygen atoms in total. The van der Waals surface area contributed by atoms with Crippen LogP contribution in [-0.2, 0) is 4.79 Å². The summed E-state index contributed by atoms with van der Waals surface area (Å²) in [7, 11) is 0. The van der Waals surface area contributed by atoms with Gasteiger partial charge in [-0.1, -0.05) is 29.7 Å². The molecule has 0 unspecified atom stereocenters. The predicted octanol–water partition coefficient (Wildman–Crippen LogP) is 3.23. The lowest BCUT2D eigenvalue weighted by atomic mass is 10.0. The smallest absolute Gasteiger partial charge is 0.285 e. The summed E-state index contributed by atoms with van der Waals surface area (Å²) in [6.45, 7) is 5.14. The number of nitro benzene ring substituents is 1. The van der Waals surface area contributed by atoms with Crippen molar-refractivity contribution in [2.75, 3.05) is 5.75 Å². The van der Waals surface area contributed by atoms with Crippen LogP contribution in [0.15, 0.2) is 12.1 Å². The minimum atomic E-state index is -0.408. The Morgan fingerprint density at radius 1 is 1.42 bits per heavy atom. The van der Waals surface area contributed by atoms with E-state index in [1.807, 2.05) is 19.9 Å². The molecule has 0 N–H and O–H groups in total. The van der Waals surface area contributed by atoms with Gasteiger partial charge in [0.1, 0.15) is 5.56 Å². The SMILES string of the molecule is CC(=O)SCCC#Cc1c(C)cc(C)cc1[N+](=O)[O-]. The van der Waals surface area contributed by atoms with E-state index in [0.29, 0.717) is 17.7 Å². The Bertz CT molecular complexity index is 570. The van der Waals surface area contributed by atoms with Crippen LogP contribution in [0, 0.1) is 35.8 Å². The van der Waals surface area contributed by atoms with Crippen LogP contribution in [0.4, 0.5) is 5.69 Å². The van der Waals surface area contributed by atoms with Gasteiger partial charge in [-0.3, -0.25) is 14.9 Å². The fraction of sp³-hybridized carbons (Fsp3) is 0.357. The number of carbonyl (C=O) groups excluding carboxylic acids is 1. The number of hydrogen-bond acceptors (Lipinski definition) is 4. The second kappa shape index (κ2) is 6.95. The van der Waals surface area contributed by atoms with Crippen LogP contribution >= 0.6 is 11.8 Å². The van der Waals surface area contributed by atoms with Crippen LogP contribution in [0.3, 0.4) is 0 Å². The van der Waals surface area contributed by atoms with Gasteiger partial charge < -0.3 is 0 Å². The van der Waals surface area contributed by atoms with Gasteiger partial charge in [0.2, 0.25) is 0 Å². The topological polar surface area (TPSA) is 60.2 Å². The molecule has 0 aliphatic carbocycles. The predicted molar refractivity (Wildman–Crippen MR) is 77.2 cm³/mol. The van der Waals surface area contributed by atoms with E-state index in [4.69, 9.17) is 0 Å². The van der Waals surface area contributed by atoms with Gasteiger partial charge in [0.05, 0.1) is 4.92 Å². The number of hydrogen-bond donors (Lipinski definition) is 0. The monoisotopic (exact) mass is 277 g/mol. The zero-order valence-electron chi connectivity index (χ0n) is 11.1. The van der Waals surface area contributed by atoms with Crippen molar-refractivity contribution in [1.29, 1.82) is 0 Å². The van der Waals surface area contributed by atoms with Gasteiger partial charge in [-0.25, -0.2) is 0 Å². The van der Waals surface area contributed by atoms with E-state index in [2.05, 4.69) is 11.8 Å². The van der Waals surface area contributed by atoms with Crippen molar-refractivity contribution in [3.8, 4) is 11.8 Å². The highest BCUT2D eigenvalue weighted by molar-refractivity contribution is 8.13. The molecule has 1 aromatic rings. The van der Waals surface area contributed by atoms with Crippen LogP contribution in [0.1, 0.15) is 30.0 Å². The number of carbonyl (C=O) groups is 1. The molecule has 0 aliphatic rings. The molecule has 19 heavy (non-hydrogen) atoms. The first-order chi connectivity index (χ1) is 8.91. The summed E-state index contributed by atoms with van der Waals surface area (Å²) in [5.41, 5.74) is 2.16. The van der Waals surface area contributed by atoms with E-state index in [1.165, 1.54) is 24.8 Å². The lowest BCUT2D eigenvalue weighted by Gasteiger charge is -2.02. The first-order valence-electron chi connectivity index (χ1n) is 5.79. The number of rotatable bonds is 3. The maximum Gasteiger partial charge on any atom is 0.285 e. The Hall–Kier alpha value is -1.80. The minimum Gasteiger partial charge on any atom is -0.288 e. The van der Waals surface area contributed by atoms with Gasteiger partial charge in [-0.05, 0) is 25.0 Å².